The van der Waals surface area contributed by atoms with Gasteiger partial charge in [0.15, 0.2) is 6.61 Å². The van der Waals surface area contributed by atoms with Crippen molar-refractivity contribution in [2.45, 2.75) is 6.92 Å². The molecule has 0 fully saturated rings. The standard InChI is InChI=1S/C20H19ClN4O4/c1-13-22-20(24-29-13)14-7-9-15(10-8-14)28-12-19(27)25(2)11-18(26)23-17-6-4-3-5-16(17)21/h3-10H,11-12H2,1-2H3,(H,23,26). The Bertz CT molecular complexity index is 1000. The summed E-state index contributed by atoms with van der Waals surface area (Å²) in [5.41, 5.74) is 1.27. The van der Waals surface area contributed by atoms with Crippen molar-refractivity contribution in [3.8, 4) is 17.1 Å². The summed E-state index contributed by atoms with van der Waals surface area (Å²) < 4.78 is 10.4. The zero-order valence-corrected chi connectivity index (χ0v) is 16.6. The van der Waals surface area contributed by atoms with Gasteiger partial charge in [-0.3, -0.25) is 9.59 Å². The van der Waals surface area contributed by atoms with Crippen LogP contribution in [0.4, 0.5) is 5.69 Å². The Balaban J connectivity index is 1.48. The summed E-state index contributed by atoms with van der Waals surface area (Å²) in [4.78, 5) is 29.8. The molecule has 0 aliphatic heterocycles. The molecule has 0 saturated carbocycles. The second kappa shape index (κ2) is 9.20. The number of para-hydroxylation sites is 1. The Hall–Kier alpha value is -3.39. The van der Waals surface area contributed by atoms with E-state index in [0.29, 0.717) is 28.2 Å². The number of likely N-dealkylation sites (N-methyl/N-ethyl adjacent to an activating group) is 1. The van der Waals surface area contributed by atoms with E-state index in [9.17, 15) is 9.59 Å². The third-order valence-corrected chi connectivity index (χ3v) is 4.29. The van der Waals surface area contributed by atoms with Crippen molar-refractivity contribution in [1.82, 2.24) is 15.0 Å². The van der Waals surface area contributed by atoms with Crippen LogP contribution < -0.4 is 10.1 Å². The van der Waals surface area contributed by atoms with Gasteiger partial charge in [-0.05, 0) is 36.4 Å². The van der Waals surface area contributed by atoms with Crippen molar-refractivity contribution in [2.24, 2.45) is 0 Å². The first-order valence-electron chi connectivity index (χ1n) is 8.74. The molecule has 8 nitrogen and oxygen atoms in total. The number of ether oxygens (including phenoxy) is 1. The summed E-state index contributed by atoms with van der Waals surface area (Å²) in [5.74, 6) is 0.782. The highest BCUT2D eigenvalue weighted by atomic mass is 35.5. The number of halogens is 1. The first kappa shape index (κ1) is 20.3. The summed E-state index contributed by atoms with van der Waals surface area (Å²) in [6.45, 7) is 1.39. The number of anilines is 1. The van der Waals surface area contributed by atoms with Crippen LogP contribution in [-0.2, 0) is 9.59 Å². The first-order chi connectivity index (χ1) is 13.9. The van der Waals surface area contributed by atoms with Gasteiger partial charge in [0.1, 0.15) is 5.75 Å². The molecular formula is C20H19ClN4O4. The minimum absolute atomic E-state index is 0.121. The summed E-state index contributed by atoms with van der Waals surface area (Å²) >= 11 is 6.01. The van der Waals surface area contributed by atoms with E-state index >= 15 is 0 Å². The van der Waals surface area contributed by atoms with Gasteiger partial charge < -0.3 is 19.5 Å². The molecule has 9 heteroatoms. The van der Waals surface area contributed by atoms with Gasteiger partial charge in [-0.25, -0.2) is 0 Å². The van der Waals surface area contributed by atoms with Gasteiger partial charge >= 0.3 is 0 Å². The second-order valence-corrected chi connectivity index (χ2v) is 6.64. The van der Waals surface area contributed by atoms with Gasteiger partial charge in [-0.2, -0.15) is 4.98 Å². The number of nitrogens with zero attached hydrogens (tertiary/aromatic N) is 3. The number of aromatic nitrogens is 2. The lowest BCUT2D eigenvalue weighted by Gasteiger charge is -2.17. The molecule has 0 aliphatic carbocycles. The average molecular weight is 415 g/mol. The molecule has 1 N–H and O–H groups in total. The Kier molecular flexibility index (Phi) is 6.46. The third kappa shape index (κ3) is 5.55. The summed E-state index contributed by atoms with van der Waals surface area (Å²) in [6.07, 6.45) is 0. The van der Waals surface area contributed by atoms with Gasteiger partial charge in [-0.1, -0.05) is 28.9 Å². The molecule has 29 heavy (non-hydrogen) atoms. The monoisotopic (exact) mass is 414 g/mol. The SMILES string of the molecule is Cc1nc(-c2ccc(OCC(=O)N(C)CC(=O)Nc3ccccc3Cl)cc2)no1. The number of carbonyl (C=O) groups is 2. The van der Waals surface area contributed by atoms with Crippen molar-refractivity contribution < 1.29 is 18.8 Å². The lowest BCUT2D eigenvalue weighted by Crippen LogP contribution is -2.37. The van der Waals surface area contributed by atoms with Crippen LogP contribution in [0.2, 0.25) is 5.02 Å². The van der Waals surface area contributed by atoms with Crippen molar-refractivity contribution in [3.05, 3.63) is 59.4 Å². The lowest BCUT2D eigenvalue weighted by molar-refractivity contribution is -0.135. The number of hydrogen-bond donors (Lipinski definition) is 1. The number of aryl methyl sites for hydroxylation is 1. The van der Waals surface area contributed by atoms with Gasteiger partial charge in [0.2, 0.25) is 17.6 Å². The number of benzene rings is 2. The minimum atomic E-state index is -0.353. The van der Waals surface area contributed by atoms with E-state index in [1.165, 1.54) is 11.9 Å². The Morgan fingerprint density at radius 3 is 2.55 bits per heavy atom. The Morgan fingerprint density at radius 1 is 1.17 bits per heavy atom. The van der Waals surface area contributed by atoms with E-state index in [-0.39, 0.29) is 25.0 Å². The molecule has 1 aromatic heterocycles. The number of nitrogens with one attached hydrogen (secondary N) is 1. The third-order valence-electron chi connectivity index (χ3n) is 3.96. The molecule has 0 atom stereocenters. The summed E-state index contributed by atoms with van der Waals surface area (Å²) in [7, 11) is 1.53. The fraction of sp³-hybridized carbons (Fsp3) is 0.200. The molecule has 0 radical (unpaired) electrons. The quantitative estimate of drug-likeness (QED) is 0.637. The molecule has 0 unspecified atom stereocenters. The maximum Gasteiger partial charge on any atom is 0.260 e. The number of carbonyl (C=O) groups excluding carboxylic acids is 2. The Labute approximate surface area is 172 Å². The highest BCUT2D eigenvalue weighted by molar-refractivity contribution is 6.33. The predicted molar refractivity (Wildman–Crippen MR) is 108 cm³/mol. The van der Waals surface area contributed by atoms with Crippen LogP contribution in [0.5, 0.6) is 5.75 Å². The molecule has 1 heterocycles. The first-order valence-corrected chi connectivity index (χ1v) is 9.12. The summed E-state index contributed by atoms with van der Waals surface area (Å²) in [6, 6.07) is 13.8. The molecule has 150 valence electrons. The Morgan fingerprint density at radius 2 is 1.90 bits per heavy atom. The van der Waals surface area contributed by atoms with Crippen LogP contribution in [0.15, 0.2) is 53.1 Å². The van der Waals surface area contributed by atoms with Crippen LogP contribution in [0.3, 0.4) is 0 Å². The molecule has 3 aromatic rings. The average Bonchev–Trinajstić information content (AvgIpc) is 3.14. The fourth-order valence-corrected chi connectivity index (χ4v) is 2.61. The van der Waals surface area contributed by atoms with Crippen LogP contribution in [-0.4, -0.2) is 47.1 Å². The molecule has 2 aromatic carbocycles. The largest absolute Gasteiger partial charge is 0.484 e. The fourth-order valence-electron chi connectivity index (χ4n) is 2.43. The number of amides is 2. The topological polar surface area (TPSA) is 97.6 Å². The van der Waals surface area contributed by atoms with Crippen molar-refractivity contribution in [1.29, 1.82) is 0 Å². The minimum Gasteiger partial charge on any atom is -0.484 e. The van der Waals surface area contributed by atoms with Gasteiger partial charge in [0.05, 0.1) is 17.3 Å². The van der Waals surface area contributed by atoms with Crippen LogP contribution in [0.1, 0.15) is 5.89 Å². The zero-order chi connectivity index (χ0) is 20.8. The second-order valence-electron chi connectivity index (χ2n) is 6.23. The lowest BCUT2D eigenvalue weighted by atomic mass is 10.2. The maximum absolute atomic E-state index is 12.2. The van der Waals surface area contributed by atoms with E-state index in [1.54, 1.807) is 55.5 Å². The van der Waals surface area contributed by atoms with Gasteiger partial charge in [-0.15, -0.1) is 0 Å². The molecule has 0 bridgehead atoms. The van der Waals surface area contributed by atoms with Crippen LogP contribution >= 0.6 is 11.6 Å². The van der Waals surface area contributed by atoms with Crippen molar-refractivity contribution >= 4 is 29.1 Å². The molecule has 2 amide bonds. The van der Waals surface area contributed by atoms with Crippen molar-refractivity contribution in [2.75, 3.05) is 25.5 Å². The van der Waals surface area contributed by atoms with Gasteiger partial charge in [0, 0.05) is 19.5 Å². The van der Waals surface area contributed by atoms with E-state index in [4.69, 9.17) is 20.9 Å². The van der Waals surface area contributed by atoms with E-state index < -0.39 is 0 Å². The molecule has 0 aliphatic rings. The number of rotatable bonds is 7. The number of hydrogen-bond acceptors (Lipinski definition) is 6. The smallest absolute Gasteiger partial charge is 0.260 e. The van der Waals surface area contributed by atoms with E-state index in [2.05, 4.69) is 15.5 Å². The van der Waals surface area contributed by atoms with E-state index in [1.807, 2.05) is 0 Å². The molecule has 0 spiro atoms. The van der Waals surface area contributed by atoms with Gasteiger partial charge in [0.25, 0.3) is 5.91 Å². The maximum atomic E-state index is 12.2. The van der Waals surface area contributed by atoms with E-state index in [0.717, 1.165) is 5.56 Å². The normalized spacial score (nSPS) is 10.4. The molecular weight excluding hydrogens is 396 g/mol. The van der Waals surface area contributed by atoms with Crippen LogP contribution in [0.25, 0.3) is 11.4 Å². The zero-order valence-electron chi connectivity index (χ0n) is 15.9. The molecule has 0 saturated heterocycles. The predicted octanol–water partition coefficient (Wildman–Crippen LogP) is 3.17. The van der Waals surface area contributed by atoms with Crippen LogP contribution in [0, 0.1) is 6.92 Å². The molecule has 3 rings (SSSR count). The summed E-state index contributed by atoms with van der Waals surface area (Å²) in [5, 5.41) is 6.94. The van der Waals surface area contributed by atoms with Crippen molar-refractivity contribution in [3.63, 3.8) is 0 Å². The highest BCUT2D eigenvalue weighted by Gasteiger charge is 2.15. The highest BCUT2D eigenvalue weighted by Crippen LogP contribution is 2.21.